The number of phenolic OH excluding ortho intramolecular Hbond substituents is 1. The van der Waals surface area contributed by atoms with E-state index in [9.17, 15) is 5.11 Å². The van der Waals surface area contributed by atoms with Gasteiger partial charge in [-0.3, -0.25) is 0 Å². The maximum atomic E-state index is 9.32. The lowest BCUT2D eigenvalue weighted by molar-refractivity contribution is -0.914. The topological polar surface area (TPSA) is 27.9 Å². The molecule has 0 aliphatic carbocycles. The molecule has 0 unspecified atom stereocenters. The van der Waals surface area contributed by atoms with E-state index in [4.69, 9.17) is 11.6 Å². The largest absolute Gasteiger partial charge is 0.508 e. The molecule has 0 atom stereocenters. The Balaban J connectivity index is 1.58. The Hall–Kier alpha value is -1.71. The van der Waals surface area contributed by atoms with Gasteiger partial charge < -0.3 is 14.9 Å². The fraction of sp³-hybridized carbons (Fsp3) is 0.294. The lowest BCUT2D eigenvalue weighted by atomic mass is 10.2. The van der Waals surface area contributed by atoms with Gasteiger partial charge in [0.05, 0.1) is 36.9 Å². The van der Waals surface area contributed by atoms with Crippen LogP contribution in [0.3, 0.4) is 0 Å². The fourth-order valence-electron chi connectivity index (χ4n) is 2.85. The van der Waals surface area contributed by atoms with E-state index in [1.807, 2.05) is 30.3 Å². The van der Waals surface area contributed by atoms with Crippen LogP contribution in [0, 0.1) is 0 Å². The van der Waals surface area contributed by atoms with Gasteiger partial charge in [-0.15, -0.1) is 0 Å². The molecule has 0 spiro atoms. The van der Waals surface area contributed by atoms with E-state index < -0.39 is 0 Å². The Kier molecular flexibility index (Phi) is 4.32. The molecule has 3 rings (SSSR count). The fourth-order valence-corrected chi connectivity index (χ4v) is 3.11. The zero-order valence-corrected chi connectivity index (χ0v) is 12.7. The molecule has 2 aromatic carbocycles. The molecule has 0 amide bonds. The predicted octanol–water partition coefficient (Wildman–Crippen LogP) is 1.95. The number of benzene rings is 2. The maximum absolute atomic E-state index is 9.32. The molecular weight excluding hydrogens is 284 g/mol. The molecule has 0 aromatic heterocycles. The van der Waals surface area contributed by atoms with Crippen molar-refractivity contribution in [3.8, 4) is 5.75 Å². The molecule has 0 bridgehead atoms. The Labute approximate surface area is 130 Å². The zero-order valence-electron chi connectivity index (χ0n) is 11.9. The van der Waals surface area contributed by atoms with Gasteiger partial charge in [-0.25, -0.2) is 0 Å². The van der Waals surface area contributed by atoms with E-state index in [1.54, 1.807) is 17.0 Å². The van der Waals surface area contributed by atoms with Gasteiger partial charge in [0.2, 0.25) is 0 Å². The molecule has 1 saturated heterocycles. The van der Waals surface area contributed by atoms with Crippen LogP contribution in [0.15, 0.2) is 48.5 Å². The van der Waals surface area contributed by atoms with Gasteiger partial charge in [0.15, 0.2) is 0 Å². The van der Waals surface area contributed by atoms with Crippen molar-refractivity contribution in [3.63, 3.8) is 0 Å². The first-order valence-corrected chi connectivity index (χ1v) is 7.71. The second kappa shape index (κ2) is 6.37. The van der Waals surface area contributed by atoms with Gasteiger partial charge in [-0.2, -0.15) is 0 Å². The Bertz CT molecular complexity index is 592. The first-order chi connectivity index (χ1) is 10.2. The minimum absolute atomic E-state index is 0.331. The molecule has 4 heteroatoms. The third kappa shape index (κ3) is 3.49. The zero-order chi connectivity index (χ0) is 14.7. The normalized spacial score (nSPS) is 16.1. The number of hydrogen-bond acceptors (Lipinski definition) is 2. The highest BCUT2D eigenvalue weighted by molar-refractivity contribution is 6.33. The third-order valence-corrected chi connectivity index (χ3v) is 4.37. The molecule has 3 nitrogen and oxygen atoms in total. The number of anilines is 1. The summed E-state index contributed by atoms with van der Waals surface area (Å²) in [6.45, 7) is 5.27. The van der Waals surface area contributed by atoms with E-state index in [0.29, 0.717) is 5.75 Å². The van der Waals surface area contributed by atoms with E-state index >= 15 is 0 Å². The van der Waals surface area contributed by atoms with Crippen molar-refractivity contribution < 1.29 is 10.0 Å². The number of halogens is 1. The maximum Gasteiger partial charge on any atom is 0.115 e. The SMILES string of the molecule is Oc1ccc(C[NH+]2CCN(c3ccccc3Cl)CC2)cc1. The van der Waals surface area contributed by atoms with Gasteiger partial charge in [0.1, 0.15) is 12.3 Å². The molecule has 1 fully saturated rings. The summed E-state index contributed by atoms with van der Waals surface area (Å²) in [5.41, 5.74) is 2.41. The summed E-state index contributed by atoms with van der Waals surface area (Å²) in [4.78, 5) is 3.94. The second-order valence-corrected chi connectivity index (χ2v) is 5.94. The average molecular weight is 304 g/mol. The number of aromatic hydroxyl groups is 1. The van der Waals surface area contributed by atoms with Crippen LogP contribution in [-0.2, 0) is 6.54 Å². The number of quaternary nitrogens is 1. The number of phenols is 1. The molecule has 0 saturated carbocycles. The van der Waals surface area contributed by atoms with E-state index in [-0.39, 0.29) is 0 Å². The van der Waals surface area contributed by atoms with Crippen LogP contribution in [0.1, 0.15) is 5.56 Å². The Morgan fingerprint density at radius 3 is 2.33 bits per heavy atom. The number of nitrogens with zero attached hydrogens (tertiary/aromatic N) is 1. The van der Waals surface area contributed by atoms with Gasteiger partial charge in [0.25, 0.3) is 0 Å². The molecule has 0 radical (unpaired) electrons. The van der Waals surface area contributed by atoms with Crippen LogP contribution in [0.5, 0.6) is 5.75 Å². The summed E-state index contributed by atoms with van der Waals surface area (Å²) in [5.74, 6) is 0.331. The number of rotatable bonds is 3. The summed E-state index contributed by atoms with van der Waals surface area (Å²) in [6.07, 6.45) is 0. The summed E-state index contributed by atoms with van der Waals surface area (Å²) in [6, 6.07) is 15.6. The predicted molar refractivity (Wildman–Crippen MR) is 86.2 cm³/mol. The van der Waals surface area contributed by atoms with Crippen molar-refractivity contribution in [2.75, 3.05) is 31.1 Å². The summed E-state index contributed by atoms with van der Waals surface area (Å²) in [5, 5.41) is 10.2. The van der Waals surface area contributed by atoms with Crippen molar-refractivity contribution in [1.82, 2.24) is 0 Å². The van der Waals surface area contributed by atoms with E-state index in [1.165, 1.54) is 5.56 Å². The van der Waals surface area contributed by atoms with E-state index in [2.05, 4.69) is 11.0 Å². The molecule has 21 heavy (non-hydrogen) atoms. The molecule has 2 N–H and O–H groups in total. The molecule has 1 aliphatic rings. The average Bonchev–Trinajstić information content (AvgIpc) is 2.51. The quantitative estimate of drug-likeness (QED) is 0.907. The second-order valence-electron chi connectivity index (χ2n) is 5.53. The first kappa shape index (κ1) is 14.2. The lowest BCUT2D eigenvalue weighted by Gasteiger charge is -2.34. The van der Waals surface area contributed by atoms with Crippen molar-refractivity contribution in [2.24, 2.45) is 0 Å². The van der Waals surface area contributed by atoms with Crippen LogP contribution in [0.2, 0.25) is 5.02 Å². The first-order valence-electron chi connectivity index (χ1n) is 7.33. The Morgan fingerprint density at radius 1 is 1.00 bits per heavy atom. The summed E-state index contributed by atoms with van der Waals surface area (Å²) in [7, 11) is 0. The lowest BCUT2D eigenvalue weighted by Crippen LogP contribution is -3.13. The molecule has 1 heterocycles. The van der Waals surface area contributed by atoms with Crippen molar-refractivity contribution in [1.29, 1.82) is 0 Å². The van der Waals surface area contributed by atoms with Crippen LogP contribution in [0.4, 0.5) is 5.69 Å². The van der Waals surface area contributed by atoms with Crippen molar-refractivity contribution in [3.05, 3.63) is 59.1 Å². The number of nitrogens with one attached hydrogen (secondary N) is 1. The van der Waals surface area contributed by atoms with Crippen LogP contribution < -0.4 is 9.80 Å². The highest BCUT2D eigenvalue weighted by Crippen LogP contribution is 2.24. The molecule has 2 aromatic rings. The number of para-hydroxylation sites is 1. The Morgan fingerprint density at radius 2 is 1.67 bits per heavy atom. The minimum Gasteiger partial charge on any atom is -0.508 e. The van der Waals surface area contributed by atoms with Crippen LogP contribution in [0.25, 0.3) is 0 Å². The molecular formula is C17H20ClN2O+. The minimum atomic E-state index is 0.331. The standard InChI is InChI=1S/C17H19ClN2O/c18-16-3-1-2-4-17(16)20-11-9-19(10-12-20)13-14-5-7-15(21)8-6-14/h1-8,21H,9-13H2/p+1. The number of hydrogen-bond donors (Lipinski definition) is 2. The monoisotopic (exact) mass is 303 g/mol. The molecule has 1 aliphatic heterocycles. The third-order valence-electron chi connectivity index (χ3n) is 4.05. The smallest absolute Gasteiger partial charge is 0.115 e. The molecule has 110 valence electrons. The van der Waals surface area contributed by atoms with E-state index in [0.717, 1.165) is 43.4 Å². The van der Waals surface area contributed by atoms with Crippen molar-refractivity contribution in [2.45, 2.75) is 6.54 Å². The highest BCUT2D eigenvalue weighted by Gasteiger charge is 2.21. The van der Waals surface area contributed by atoms with Crippen molar-refractivity contribution >= 4 is 17.3 Å². The highest BCUT2D eigenvalue weighted by atomic mass is 35.5. The summed E-state index contributed by atoms with van der Waals surface area (Å²) < 4.78 is 0. The van der Waals surface area contributed by atoms with Gasteiger partial charge >= 0.3 is 0 Å². The van der Waals surface area contributed by atoms with Gasteiger partial charge in [0, 0.05) is 5.56 Å². The van der Waals surface area contributed by atoms with Crippen LogP contribution >= 0.6 is 11.6 Å². The number of piperazine rings is 1. The van der Waals surface area contributed by atoms with Gasteiger partial charge in [-0.05, 0) is 36.4 Å². The van der Waals surface area contributed by atoms with Gasteiger partial charge in [-0.1, -0.05) is 23.7 Å². The van der Waals surface area contributed by atoms with Crippen LogP contribution in [-0.4, -0.2) is 31.3 Å². The summed E-state index contributed by atoms with van der Waals surface area (Å²) >= 11 is 6.27.